The van der Waals surface area contributed by atoms with Crippen molar-refractivity contribution in [3.05, 3.63) is 90.0 Å². The number of methoxy groups -OCH3 is 1. The molecule has 0 aromatic heterocycles. The molecular weight excluding hydrogens is 372 g/mol. The summed E-state index contributed by atoms with van der Waals surface area (Å²) >= 11 is 0. The van der Waals surface area contributed by atoms with Crippen LogP contribution in [0.2, 0.25) is 0 Å². The maximum Gasteiger partial charge on any atom is 0.144 e. The van der Waals surface area contributed by atoms with E-state index in [0.717, 1.165) is 40.4 Å². The Hall–Kier alpha value is -3.40. The first-order valence-electron chi connectivity index (χ1n) is 10.4. The molecule has 4 heteroatoms. The van der Waals surface area contributed by atoms with Gasteiger partial charge in [-0.2, -0.15) is 0 Å². The lowest BCUT2D eigenvalue weighted by Crippen LogP contribution is -2.38. The summed E-state index contributed by atoms with van der Waals surface area (Å²) in [6, 6.07) is 26.2. The Morgan fingerprint density at radius 1 is 0.867 bits per heavy atom. The van der Waals surface area contributed by atoms with Crippen molar-refractivity contribution in [2.24, 2.45) is 10.9 Å². The van der Waals surface area contributed by atoms with Gasteiger partial charge in [-0.15, -0.1) is 0 Å². The second-order valence-electron chi connectivity index (χ2n) is 7.98. The van der Waals surface area contributed by atoms with Gasteiger partial charge in [-0.25, -0.2) is 0 Å². The van der Waals surface area contributed by atoms with E-state index < -0.39 is 0 Å². The van der Waals surface area contributed by atoms with Gasteiger partial charge < -0.3 is 10.1 Å². The Morgan fingerprint density at radius 3 is 2.37 bits per heavy atom. The van der Waals surface area contributed by atoms with Crippen LogP contribution in [0.3, 0.4) is 0 Å². The lowest BCUT2D eigenvalue weighted by Gasteiger charge is -2.34. The van der Waals surface area contributed by atoms with E-state index in [9.17, 15) is 4.79 Å². The highest BCUT2D eigenvalue weighted by atomic mass is 16.5. The molecule has 1 heterocycles. The van der Waals surface area contributed by atoms with E-state index in [-0.39, 0.29) is 23.7 Å². The molecule has 1 aliphatic carbocycles. The average Bonchev–Trinajstić information content (AvgIpc) is 2.96. The van der Waals surface area contributed by atoms with Crippen LogP contribution < -0.4 is 10.1 Å². The van der Waals surface area contributed by atoms with Crippen molar-refractivity contribution < 1.29 is 9.53 Å². The number of nitrogens with zero attached hydrogens (tertiary/aromatic N) is 1. The monoisotopic (exact) mass is 396 g/mol. The number of carbonyl (C=O) groups excluding carboxylic acids is 1. The summed E-state index contributed by atoms with van der Waals surface area (Å²) in [5.74, 6) is 0.956. The van der Waals surface area contributed by atoms with Crippen LogP contribution in [-0.4, -0.2) is 18.6 Å². The molecule has 3 aromatic rings. The first-order chi connectivity index (χ1) is 14.7. The van der Waals surface area contributed by atoms with Crippen LogP contribution in [0.4, 0.5) is 11.4 Å². The summed E-state index contributed by atoms with van der Waals surface area (Å²) in [7, 11) is 1.66. The third-order valence-corrected chi connectivity index (χ3v) is 6.17. The van der Waals surface area contributed by atoms with Crippen LogP contribution >= 0.6 is 0 Å². The number of hydrogen-bond acceptors (Lipinski definition) is 4. The van der Waals surface area contributed by atoms with E-state index in [1.54, 1.807) is 7.11 Å². The van der Waals surface area contributed by atoms with E-state index in [1.165, 1.54) is 0 Å². The van der Waals surface area contributed by atoms with Crippen molar-refractivity contribution >= 4 is 22.9 Å². The van der Waals surface area contributed by atoms with Gasteiger partial charge in [-0.1, -0.05) is 54.6 Å². The number of fused-ring (bicyclic) bond motifs is 2. The molecule has 0 saturated heterocycles. The van der Waals surface area contributed by atoms with E-state index in [0.29, 0.717) is 6.42 Å². The molecule has 1 unspecified atom stereocenters. The van der Waals surface area contributed by atoms with Crippen molar-refractivity contribution in [2.45, 2.75) is 24.8 Å². The second-order valence-corrected chi connectivity index (χ2v) is 7.98. The fourth-order valence-corrected chi connectivity index (χ4v) is 4.65. The molecule has 0 amide bonds. The van der Waals surface area contributed by atoms with E-state index in [2.05, 4.69) is 29.6 Å². The molecule has 30 heavy (non-hydrogen) atoms. The van der Waals surface area contributed by atoms with Crippen LogP contribution in [0.25, 0.3) is 0 Å². The molecule has 1 fully saturated rings. The third kappa shape index (κ3) is 3.39. The smallest absolute Gasteiger partial charge is 0.144 e. The van der Waals surface area contributed by atoms with Gasteiger partial charge in [-0.05, 0) is 47.7 Å². The van der Waals surface area contributed by atoms with Gasteiger partial charge >= 0.3 is 0 Å². The normalized spacial score (nSPS) is 22.8. The Bertz CT molecular complexity index is 1090. The quantitative estimate of drug-likeness (QED) is 0.618. The first-order valence-corrected chi connectivity index (χ1v) is 10.4. The molecule has 1 saturated carbocycles. The Morgan fingerprint density at radius 2 is 1.60 bits per heavy atom. The maximum atomic E-state index is 13.5. The third-order valence-electron chi connectivity index (χ3n) is 6.17. The van der Waals surface area contributed by atoms with Crippen molar-refractivity contribution in [3.8, 4) is 5.75 Å². The number of hydrogen-bond donors (Lipinski definition) is 1. The van der Waals surface area contributed by atoms with Gasteiger partial charge in [0.2, 0.25) is 0 Å². The van der Waals surface area contributed by atoms with Crippen molar-refractivity contribution in [3.63, 3.8) is 0 Å². The molecule has 3 atom stereocenters. The molecule has 150 valence electrons. The standard InChI is InChI=1S/C26H24N2O2/c1-30-20-13-11-17(12-14-20)19-15-23-25(24(29)16-19)26(18-7-3-2-4-8-18)28-22-10-6-5-9-21(22)27-23/h2-14,19,25-26,28H,15-16H2,1H3/t19-,25?,26+/m1/s1. The fraction of sp³-hybridized carbons (Fsp3) is 0.231. The second kappa shape index (κ2) is 7.79. The number of nitrogens with one attached hydrogen (secondary N) is 1. The van der Waals surface area contributed by atoms with E-state index in [4.69, 9.17) is 9.73 Å². The van der Waals surface area contributed by atoms with Crippen molar-refractivity contribution in [1.29, 1.82) is 0 Å². The molecule has 0 bridgehead atoms. The molecular formula is C26H24N2O2. The van der Waals surface area contributed by atoms with Crippen LogP contribution in [0.1, 0.15) is 35.9 Å². The van der Waals surface area contributed by atoms with Crippen LogP contribution in [0, 0.1) is 5.92 Å². The number of Topliss-reactive ketones (excluding diaryl/α,β-unsaturated/α-hetero) is 1. The Balaban J connectivity index is 1.56. The summed E-state index contributed by atoms with van der Waals surface area (Å²) in [5.41, 5.74) is 5.12. The average molecular weight is 396 g/mol. The van der Waals surface area contributed by atoms with Gasteiger partial charge in [0.05, 0.1) is 30.4 Å². The lowest BCUT2D eigenvalue weighted by atomic mass is 9.72. The zero-order valence-corrected chi connectivity index (χ0v) is 16.9. The van der Waals surface area contributed by atoms with Crippen LogP contribution in [-0.2, 0) is 4.79 Å². The zero-order valence-electron chi connectivity index (χ0n) is 16.9. The Labute approximate surface area is 176 Å². The van der Waals surface area contributed by atoms with Gasteiger partial charge in [-0.3, -0.25) is 9.79 Å². The van der Waals surface area contributed by atoms with Gasteiger partial charge in [0.15, 0.2) is 0 Å². The minimum Gasteiger partial charge on any atom is -0.497 e. The number of carbonyl (C=O) groups is 1. The van der Waals surface area contributed by atoms with Gasteiger partial charge in [0.1, 0.15) is 11.5 Å². The fourth-order valence-electron chi connectivity index (χ4n) is 4.65. The number of benzene rings is 3. The van der Waals surface area contributed by atoms with Crippen LogP contribution in [0.5, 0.6) is 5.75 Å². The number of aliphatic imine (C=N–C) groups is 1. The highest BCUT2D eigenvalue weighted by molar-refractivity contribution is 6.10. The minimum atomic E-state index is -0.255. The topological polar surface area (TPSA) is 50.7 Å². The van der Waals surface area contributed by atoms with Crippen LogP contribution in [0.15, 0.2) is 83.9 Å². The minimum absolute atomic E-state index is 0.113. The predicted molar refractivity (Wildman–Crippen MR) is 120 cm³/mol. The highest BCUT2D eigenvalue weighted by Crippen LogP contribution is 2.43. The molecule has 1 aliphatic heterocycles. The molecule has 5 rings (SSSR count). The molecule has 0 radical (unpaired) electrons. The highest BCUT2D eigenvalue weighted by Gasteiger charge is 2.41. The number of ketones is 1. The lowest BCUT2D eigenvalue weighted by molar-refractivity contribution is -0.122. The Kier molecular flexibility index (Phi) is 4.83. The molecule has 4 nitrogen and oxygen atoms in total. The largest absolute Gasteiger partial charge is 0.497 e. The molecule has 2 aliphatic rings. The summed E-state index contributed by atoms with van der Waals surface area (Å²) in [6.45, 7) is 0. The summed E-state index contributed by atoms with van der Waals surface area (Å²) < 4.78 is 5.28. The summed E-state index contributed by atoms with van der Waals surface area (Å²) in [6.07, 6.45) is 1.31. The molecule has 3 aromatic carbocycles. The first kappa shape index (κ1) is 18.6. The summed E-state index contributed by atoms with van der Waals surface area (Å²) in [4.78, 5) is 18.5. The number of anilines is 1. The van der Waals surface area contributed by atoms with Gasteiger partial charge in [0, 0.05) is 12.1 Å². The molecule has 1 N–H and O–H groups in total. The SMILES string of the molecule is COc1ccc([C@H]2CC(=O)C3C(=Nc4ccccc4N[C@H]3c3ccccc3)C2)cc1. The van der Waals surface area contributed by atoms with E-state index >= 15 is 0 Å². The predicted octanol–water partition coefficient (Wildman–Crippen LogP) is 5.70. The maximum absolute atomic E-state index is 13.5. The number of rotatable bonds is 3. The van der Waals surface area contributed by atoms with Crippen molar-refractivity contribution in [1.82, 2.24) is 0 Å². The van der Waals surface area contributed by atoms with Gasteiger partial charge in [0.25, 0.3) is 0 Å². The number of ether oxygens (including phenoxy) is 1. The molecule has 0 spiro atoms. The zero-order chi connectivity index (χ0) is 20.5. The number of para-hydroxylation sites is 2. The van der Waals surface area contributed by atoms with E-state index in [1.807, 2.05) is 54.6 Å². The van der Waals surface area contributed by atoms with Crippen molar-refractivity contribution in [2.75, 3.05) is 12.4 Å². The summed E-state index contributed by atoms with van der Waals surface area (Å²) in [5, 5.41) is 3.62.